The number of aromatic nitrogens is 1. The van der Waals surface area contributed by atoms with Crippen molar-refractivity contribution in [2.24, 2.45) is 5.92 Å². The molecule has 1 fully saturated rings. The van der Waals surface area contributed by atoms with E-state index in [1.807, 2.05) is 20.8 Å². The van der Waals surface area contributed by atoms with E-state index >= 15 is 0 Å². The van der Waals surface area contributed by atoms with E-state index in [2.05, 4.69) is 4.98 Å². The molecule has 20 heavy (non-hydrogen) atoms. The van der Waals surface area contributed by atoms with Crippen LogP contribution in [-0.2, 0) is 16.6 Å². The maximum atomic E-state index is 11.8. The van der Waals surface area contributed by atoms with Gasteiger partial charge in [-0.15, -0.1) is 0 Å². The Hall–Kier alpha value is -1.32. The van der Waals surface area contributed by atoms with Crippen molar-refractivity contribution in [3.8, 4) is 0 Å². The molecule has 2 rings (SSSR count). The maximum absolute atomic E-state index is 11.8. The minimum Gasteiger partial charge on any atom is -0.463 e. The third-order valence-electron chi connectivity index (χ3n) is 3.99. The van der Waals surface area contributed by atoms with Crippen molar-refractivity contribution in [1.82, 2.24) is 4.98 Å². The summed E-state index contributed by atoms with van der Waals surface area (Å²) in [6.07, 6.45) is 7.23. The number of carbonyl (C=O) groups excluding carboxylic acids is 1. The zero-order valence-electron chi connectivity index (χ0n) is 13.0. The molecule has 0 unspecified atom stereocenters. The van der Waals surface area contributed by atoms with E-state index in [0.717, 1.165) is 18.8 Å². The first kappa shape index (κ1) is 15.1. The molecule has 4 nitrogen and oxygen atoms in total. The summed E-state index contributed by atoms with van der Waals surface area (Å²) in [5.74, 6) is 1.29. The average molecular weight is 279 g/mol. The molecule has 1 saturated carbocycles. The average Bonchev–Trinajstić information content (AvgIpc) is 3.03. The Kier molecular flexibility index (Phi) is 4.51. The Labute approximate surface area is 120 Å². The van der Waals surface area contributed by atoms with E-state index in [0.29, 0.717) is 11.6 Å². The fraction of sp³-hybridized carbons (Fsp3) is 0.750. The third-order valence-corrected chi connectivity index (χ3v) is 3.99. The van der Waals surface area contributed by atoms with Gasteiger partial charge >= 0.3 is 5.97 Å². The third kappa shape index (κ3) is 3.41. The van der Waals surface area contributed by atoms with Gasteiger partial charge in [0, 0.05) is 11.8 Å². The minimum absolute atomic E-state index is 0.224. The second kappa shape index (κ2) is 5.98. The number of hydrogen-bond donors (Lipinski definition) is 0. The van der Waals surface area contributed by atoms with Gasteiger partial charge in [0.1, 0.15) is 0 Å². The molecule has 1 aliphatic carbocycles. The highest BCUT2D eigenvalue weighted by molar-refractivity contribution is 5.87. The van der Waals surface area contributed by atoms with E-state index < -0.39 is 5.97 Å². The van der Waals surface area contributed by atoms with Crippen LogP contribution in [0, 0.1) is 5.92 Å². The SMILES string of the molecule is COC(=O)c1oc(CCC2CCCC2)nc1C(C)(C)C. The van der Waals surface area contributed by atoms with Gasteiger partial charge in [0.15, 0.2) is 5.89 Å². The summed E-state index contributed by atoms with van der Waals surface area (Å²) >= 11 is 0. The predicted octanol–water partition coefficient (Wildman–Crippen LogP) is 3.88. The van der Waals surface area contributed by atoms with Crippen LogP contribution in [0.3, 0.4) is 0 Å². The summed E-state index contributed by atoms with van der Waals surface area (Å²) in [5, 5.41) is 0. The highest BCUT2D eigenvalue weighted by Gasteiger charge is 2.29. The topological polar surface area (TPSA) is 52.3 Å². The molecule has 0 bridgehead atoms. The molecule has 0 aliphatic heterocycles. The smallest absolute Gasteiger partial charge is 0.376 e. The molecule has 0 N–H and O–H groups in total. The Balaban J connectivity index is 2.13. The molecule has 0 radical (unpaired) electrons. The van der Waals surface area contributed by atoms with Crippen molar-refractivity contribution in [2.75, 3.05) is 7.11 Å². The Morgan fingerprint density at radius 2 is 2.00 bits per heavy atom. The fourth-order valence-electron chi connectivity index (χ4n) is 2.84. The number of rotatable bonds is 4. The quantitative estimate of drug-likeness (QED) is 0.785. The Morgan fingerprint density at radius 3 is 2.55 bits per heavy atom. The zero-order chi connectivity index (χ0) is 14.8. The number of hydrogen-bond acceptors (Lipinski definition) is 4. The van der Waals surface area contributed by atoms with Crippen molar-refractivity contribution in [2.45, 2.75) is 64.7 Å². The standard InChI is InChI=1S/C16H25NO3/c1-16(2,3)14-13(15(18)19-4)20-12(17-14)10-9-11-7-5-6-8-11/h11H,5-10H2,1-4H3. The lowest BCUT2D eigenvalue weighted by molar-refractivity contribution is 0.0559. The summed E-state index contributed by atoms with van der Waals surface area (Å²) in [4.78, 5) is 16.3. The summed E-state index contributed by atoms with van der Waals surface area (Å²) in [7, 11) is 1.37. The van der Waals surface area contributed by atoms with Crippen molar-refractivity contribution >= 4 is 5.97 Å². The molecule has 1 aromatic heterocycles. The fourth-order valence-corrected chi connectivity index (χ4v) is 2.84. The molecule has 1 aromatic rings. The van der Waals surface area contributed by atoms with E-state index in [1.165, 1.54) is 32.8 Å². The van der Waals surface area contributed by atoms with Crippen LogP contribution < -0.4 is 0 Å². The number of esters is 1. The Morgan fingerprint density at radius 1 is 1.35 bits per heavy atom. The van der Waals surface area contributed by atoms with Gasteiger partial charge in [0.05, 0.1) is 12.8 Å². The van der Waals surface area contributed by atoms with Crippen LogP contribution in [0.25, 0.3) is 0 Å². The van der Waals surface area contributed by atoms with Gasteiger partial charge in [-0.3, -0.25) is 0 Å². The second-order valence-electron chi connectivity index (χ2n) is 6.72. The van der Waals surface area contributed by atoms with Crippen LogP contribution in [0.4, 0.5) is 0 Å². The monoisotopic (exact) mass is 279 g/mol. The van der Waals surface area contributed by atoms with Crippen molar-refractivity contribution < 1.29 is 13.9 Å². The molecule has 0 spiro atoms. The molecule has 0 atom stereocenters. The number of aryl methyl sites for hydroxylation is 1. The van der Waals surface area contributed by atoms with Gasteiger partial charge in [0.25, 0.3) is 0 Å². The number of nitrogens with zero attached hydrogens (tertiary/aromatic N) is 1. The molecule has 4 heteroatoms. The molecule has 1 aliphatic rings. The van der Waals surface area contributed by atoms with Crippen LogP contribution in [0.1, 0.15) is 75.0 Å². The van der Waals surface area contributed by atoms with Crippen LogP contribution in [0.5, 0.6) is 0 Å². The molecule has 0 saturated heterocycles. The molecule has 112 valence electrons. The van der Waals surface area contributed by atoms with Gasteiger partial charge in [-0.1, -0.05) is 46.5 Å². The second-order valence-corrected chi connectivity index (χ2v) is 6.72. The molecular formula is C16H25NO3. The van der Waals surface area contributed by atoms with Crippen LogP contribution in [0.15, 0.2) is 4.42 Å². The van der Waals surface area contributed by atoms with Crippen LogP contribution in [0.2, 0.25) is 0 Å². The van der Waals surface area contributed by atoms with E-state index in [-0.39, 0.29) is 11.2 Å². The van der Waals surface area contributed by atoms with Gasteiger partial charge in [-0.25, -0.2) is 9.78 Å². The van der Waals surface area contributed by atoms with Crippen molar-refractivity contribution in [3.63, 3.8) is 0 Å². The summed E-state index contributed by atoms with van der Waals surface area (Å²) in [5.41, 5.74) is 0.476. The first-order valence-electron chi connectivity index (χ1n) is 7.50. The largest absolute Gasteiger partial charge is 0.463 e. The molecule has 0 amide bonds. The van der Waals surface area contributed by atoms with Gasteiger partial charge in [-0.05, 0) is 12.3 Å². The summed E-state index contributed by atoms with van der Waals surface area (Å²) < 4.78 is 10.5. The summed E-state index contributed by atoms with van der Waals surface area (Å²) in [6.45, 7) is 6.08. The normalized spacial score (nSPS) is 16.6. The first-order chi connectivity index (χ1) is 9.41. The Bertz CT molecular complexity index is 465. The molecule has 1 heterocycles. The van der Waals surface area contributed by atoms with E-state index in [9.17, 15) is 4.79 Å². The maximum Gasteiger partial charge on any atom is 0.376 e. The summed E-state index contributed by atoms with van der Waals surface area (Å²) in [6, 6.07) is 0. The number of oxazole rings is 1. The number of carbonyl (C=O) groups is 1. The van der Waals surface area contributed by atoms with Gasteiger partial charge < -0.3 is 9.15 Å². The predicted molar refractivity (Wildman–Crippen MR) is 76.8 cm³/mol. The van der Waals surface area contributed by atoms with Crippen molar-refractivity contribution in [3.05, 3.63) is 17.3 Å². The lowest BCUT2D eigenvalue weighted by Gasteiger charge is -2.15. The number of methoxy groups -OCH3 is 1. The highest BCUT2D eigenvalue weighted by atomic mass is 16.5. The van der Waals surface area contributed by atoms with Crippen LogP contribution in [-0.4, -0.2) is 18.1 Å². The first-order valence-corrected chi connectivity index (χ1v) is 7.50. The molecule has 0 aromatic carbocycles. The molecular weight excluding hydrogens is 254 g/mol. The van der Waals surface area contributed by atoms with E-state index in [1.54, 1.807) is 0 Å². The van der Waals surface area contributed by atoms with Crippen molar-refractivity contribution in [1.29, 1.82) is 0 Å². The van der Waals surface area contributed by atoms with Gasteiger partial charge in [-0.2, -0.15) is 0 Å². The van der Waals surface area contributed by atoms with E-state index in [4.69, 9.17) is 9.15 Å². The van der Waals surface area contributed by atoms with Gasteiger partial charge in [0.2, 0.25) is 5.76 Å². The lowest BCUT2D eigenvalue weighted by atomic mass is 9.91. The minimum atomic E-state index is -0.436. The highest BCUT2D eigenvalue weighted by Crippen LogP contribution is 2.30. The lowest BCUT2D eigenvalue weighted by Crippen LogP contribution is -2.17. The number of ether oxygens (including phenoxy) is 1. The van der Waals surface area contributed by atoms with Crippen LogP contribution >= 0.6 is 0 Å². The zero-order valence-corrected chi connectivity index (χ0v) is 13.0.